The van der Waals surface area contributed by atoms with E-state index in [9.17, 15) is 4.79 Å². The van der Waals surface area contributed by atoms with E-state index >= 15 is 0 Å². The highest BCUT2D eigenvalue weighted by Gasteiger charge is 2.22. The topological polar surface area (TPSA) is 63.1 Å². The number of nitrogens with one attached hydrogen (secondary N) is 1. The molecule has 0 aromatic carbocycles. The molecular formula is C9H15N5O. The van der Waals surface area contributed by atoms with Crippen LogP contribution in [0.15, 0.2) is 12.4 Å². The van der Waals surface area contributed by atoms with E-state index in [0.717, 1.165) is 19.6 Å². The molecule has 0 bridgehead atoms. The lowest BCUT2D eigenvalue weighted by molar-refractivity contribution is -0.134. The minimum Gasteiger partial charge on any atom is -0.336 e. The number of nitrogens with zero attached hydrogens (tertiary/aromatic N) is 4. The number of amides is 1. The van der Waals surface area contributed by atoms with Crippen molar-refractivity contribution in [3.05, 3.63) is 12.4 Å². The maximum absolute atomic E-state index is 11.9. The maximum atomic E-state index is 11.9. The molecule has 0 aliphatic carbocycles. The normalized spacial score (nSPS) is 21.7. The Morgan fingerprint density at radius 1 is 1.67 bits per heavy atom. The third-order valence-corrected chi connectivity index (χ3v) is 2.59. The van der Waals surface area contributed by atoms with Gasteiger partial charge in [-0.3, -0.25) is 4.79 Å². The van der Waals surface area contributed by atoms with Gasteiger partial charge in [0.05, 0.1) is 6.20 Å². The molecule has 6 nitrogen and oxygen atoms in total. The Morgan fingerprint density at radius 2 is 2.53 bits per heavy atom. The van der Waals surface area contributed by atoms with Gasteiger partial charge < -0.3 is 10.2 Å². The van der Waals surface area contributed by atoms with Crippen LogP contribution in [0.4, 0.5) is 0 Å². The fraction of sp³-hybridized carbons (Fsp3) is 0.667. The molecule has 1 aliphatic heterocycles. The van der Waals surface area contributed by atoms with Crippen molar-refractivity contribution in [3.63, 3.8) is 0 Å². The zero-order valence-electron chi connectivity index (χ0n) is 8.76. The van der Waals surface area contributed by atoms with E-state index in [1.165, 1.54) is 0 Å². The first kappa shape index (κ1) is 10.1. The molecule has 15 heavy (non-hydrogen) atoms. The molecule has 2 rings (SSSR count). The lowest BCUT2D eigenvalue weighted by atomic mass is 10.2. The number of carbonyl (C=O) groups excluding carboxylic acids is 1. The molecule has 1 aromatic rings. The summed E-state index contributed by atoms with van der Waals surface area (Å²) in [5, 5.41) is 10.7. The smallest absolute Gasteiger partial charge is 0.244 e. The second-order valence-electron chi connectivity index (χ2n) is 3.74. The third kappa shape index (κ3) is 2.33. The SMILES string of the molecule is C[C@H]1CNCCN1C(=O)Cn1ccnn1. The highest BCUT2D eigenvalue weighted by Crippen LogP contribution is 2.03. The third-order valence-electron chi connectivity index (χ3n) is 2.59. The van der Waals surface area contributed by atoms with Crippen molar-refractivity contribution < 1.29 is 4.79 Å². The summed E-state index contributed by atoms with van der Waals surface area (Å²) >= 11 is 0. The Kier molecular flexibility index (Phi) is 2.96. The fourth-order valence-corrected chi connectivity index (χ4v) is 1.76. The molecule has 0 saturated carbocycles. The van der Waals surface area contributed by atoms with E-state index in [2.05, 4.69) is 15.6 Å². The first-order valence-corrected chi connectivity index (χ1v) is 5.11. The van der Waals surface area contributed by atoms with E-state index in [4.69, 9.17) is 0 Å². The van der Waals surface area contributed by atoms with Gasteiger partial charge in [0.15, 0.2) is 0 Å². The Bertz CT molecular complexity index is 323. The molecule has 82 valence electrons. The Morgan fingerprint density at radius 3 is 3.20 bits per heavy atom. The lowest BCUT2D eigenvalue weighted by Crippen LogP contribution is -2.53. The van der Waals surface area contributed by atoms with Gasteiger partial charge in [0.1, 0.15) is 6.54 Å². The van der Waals surface area contributed by atoms with Gasteiger partial charge in [0, 0.05) is 31.9 Å². The number of aromatic nitrogens is 3. The van der Waals surface area contributed by atoms with Crippen LogP contribution in [0.3, 0.4) is 0 Å². The van der Waals surface area contributed by atoms with Crippen molar-refractivity contribution in [1.82, 2.24) is 25.2 Å². The second-order valence-corrected chi connectivity index (χ2v) is 3.74. The predicted molar refractivity (Wildman–Crippen MR) is 54.1 cm³/mol. The molecule has 1 aliphatic rings. The summed E-state index contributed by atoms with van der Waals surface area (Å²) in [6.07, 6.45) is 3.28. The minimum atomic E-state index is 0.106. The Hall–Kier alpha value is -1.43. The first-order valence-electron chi connectivity index (χ1n) is 5.11. The molecule has 1 atom stereocenters. The lowest BCUT2D eigenvalue weighted by Gasteiger charge is -2.33. The number of piperazine rings is 1. The standard InChI is InChI=1S/C9H15N5O/c1-8-6-10-2-5-14(8)9(15)7-13-4-3-11-12-13/h3-4,8,10H,2,5-7H2,1H3/t8-/m0/s1. The summed E-state index contributed by atoms with van der Waals surface area (Å²) in [7, 11) is 0. The zero-order valence-corrected chi connectivity index (χ0v) is 8.76. The van der Waals surface area contributed by atoms with Crippen molar-refractivity contribution in [2.24, 2.45) is 0 Å². The van der Waals surface area contributed by atoms with Crippen LogP contribution in [-0.2, 0) is 11.3 Å². The van der Waals surface area contributed by atoms with Gasteiger partial charge in [-0.15, -0.1) is 5.10 Å². The van der Waals surface area contributed by atoms with Crippen LogP contribution in [0.2, 0.25) is 0 Å². The van der Waals surface area contributed by atoms with Crippen LogP contribution in [-0.4, -0.2) is 51.5 Å². The number of carbonyl (C=O) groups is 1. The molecule has 6 heteroatoms. The molecule has 1 amide bonds. The number of rotatable bonds is 2. The van der Waals surface area contributed by atoms with Gasteiger partial charge in [-0.2, -0.15) is 0 Å². The molecule has 2 heterocycles. The summed E-state index contributed by atoms with van der Waals surface area (Å²) in [5.41, 5.74) is 0. The van der Waals surface area contributed by atoms with Gasteiger partial charge in [0.25, 0.3) is 0 Å². The molecule has 0 spiro atoms. The van der Waals surface area contributed by atoms with Crippen LogP contribution in [0.5, 0.6) is 0 Å². The fourth-order valence-electron chi connectivity index (χ4n) is 1.76. The van der Waals surface area contributed by atoms with Gasteiger partial charge in [0.2, 0.25) is 5.91 Å². The molecule has 0 radical (unpaired) electrons. The van der Waals surface area contributed by atoms with Crippen LogP contribution in [0, 0.1) is 0 Å². The molecule has 1 N–H and O–H groups in total. The van der Waals surface area contributed by atoms with Gasteiger partial charge in [-0.1, -0.05) is 5.21 Å². The largest absolute Gasteiger partial charge is 0.336 e. The highest BCUT2D eigenvalue weighted by atomic mass is 16.2. The average Bonchev–Trinajstić information content (AvgIpc) is 2.71. The Balaban J connectivity index is 1.95. The average molecular weight is 209 g/mol. The summed E-state index contributed by atoms with van der Waals surface area (Å²) in [6, 6.07) is 0.259. The molecule has 0 unspecified atom stereocenters. The maximum Gasteiger partial charge on any atom is 0.244 e. The van der Waals surface area contributed by atoms with Gasteiger partial charge in [-0.05, 0) is 6.92 Å². The highest BCUT2D eigenvalue weighted by molar-refractivity contribution is 5.76. The number of hydrogen-bond donors (Lipinski definition) is 1. The van der Waals surface area contributed by atoms with E-state index in [1.807, 2.05) is 11.8 Å². The van der Waals surface area contributed by atoms with Crippen molar-refractivity contribution in [2.75, 3.05) is 19.6 Å². The van der Waals surface area contributed by atoms with Crippen LogP contribution in [0.1, 0.15) is 6.92 Å². The molecular weight excluding hydrogens is 194 g/mol. The van der Waals surface area contributed by atoms with E-state index in [1.54, 1.807) is 17.1 Å². The van der Waals surface area contributed by atoms with Gasteiger partial charge in [-0.25, -0.2) is 4.68 Å². The van der Waals surface area contributed by atoms with Crippen LogP contribution in [0.25, 0.3) is 0 Å². The van der Waals surface area contributed by atoms with Crippen molar-refractivity contribution in [1.29, 1.82) is 0 Å². The summed E-state index contributed by atoms with van der Waals surface area (Å²) in [5.74, 6) is 0.106. The first-order chi connectivity index (χ1) is 7.27. The summed E-state index contributed by atoms with van der Waals surface area (Å²) in [4.78, 5) is 13.8. The van der Waals surface area contributed by atoms with Crippen molar-refractivity contribution in [2.45, 2.75) is 19.5 Å². The quantitative estimate of drug-likeness (QED) is 0.685. The van der Waals surface area contributed by atoms with Crippen LogP contribution >= 0.6 is 0 Å². The van der Waals surface area contributed by atoms with Crippen LogP contribution < -0.4 is 5.32 Å². The Labute approximate surface area is 88.2 Å². The summed E-state index contributed by atoms with van der Waals surface area (Å²) < 4.78 is 1.55. The number of hydrogen-bond acceptors (Lipinski definition) is 4. The van der Waals surface area contributed by atoms with E-state index in [-0.39, 0.29) is 18.5 Å². The monoisotopic (exact) mass is 209 g/mol. The molecule has 1 saturated heterocycles. The van der Waals surface area contributed by atoms with Crippen molar-refractivity contribution in [3.8, 4) is 0 Å². The second kappa shape index (κ2) is 4.39. The van der Waals surface area contributed by atoms with Crippen molar-refractivity contribution >= 4 is 5.91 Å². The molecule has 1 aromatic heterocycles. The van der Waals surface area contributed by atoms with E-state index in [0.29, 0.717) is 0 Å². The summed E-state index contributed by atoms with van der Waals surface area (Å²) in [6.45, 7) is 4.83. The molecule has 1 fully saturated rings. The predicted octanol–water partition coefficient (Wildman–Crippen LogP) is -0.902. The van der Waals surface area contributed by atoms with Gasteiger partial charge >= 0.3 is 0 Å². The van der Waals surface area contributed by atoms with E-state index < -0.39 is 0 Å². The zero-order chi connectivity index (χ0) is 10.7. The minimum absolute atomic E-state index is 0.106.